The summed E-state index contributed by atoms with van der Waals surface area (Å²) in [5, 5.41) is 4.81. The van der Waals surface area contributed by atoms with Gasteiger partial charge in [-0.1, -0.05) is 12.8 Å². The van der Waals surface area contributed by atoms with Gasteiger partial charge in [0.15, 0.2) is 0 Å². The third-order valence-electron chi connectivity index (χ3n) is 1.92. The molecule has 0 aromatic carbocycles. The van der Waals surface area contributed by atoms with Crippen LogP contribution in [0.15, 0.2) is 0 Å². The van der Waals surface area contributed by atoms with Crippen LogP contribution in [0.2, 0.25) is 0 Å². The Morgan fingerprint density at radius 1 is 1.14 bits per heavy atom. The monoisotopic (exact) mass is 230 g/mol. The van der Waals surface area contributed by atoms with Gasteiger partial charge in [-0.2, -0.15) is 8.78 Å². The summed E-state index contributed by atoms with van der Waals surface area (Å²) in [5.74, 6) is 0. The molecule has 3 nitrogen and oxygen atoms in total. The fraction of sp³-hybridized carbons (Fsp3) is 1.00. The Balaban J connectivity index is 3.79. The van der Waals surface area contributed by atoms with Crippen molar-refractivity contribution in [3.8, 4) is 0 Å². The lowest BCUT2D eigenvalue weighted by Gasteiger charge is -2.13. The summed E-state index contributed by atoms with van der Waals surface area (Å²) in [4.78, 5) is 0. The number of sulfone groups is 1. The Hall–Kier alpha value is -0.230. The molecule has 1 N–H and O–H groups in total. The molecule has 0 aliphatic carbocycles. The fourth-order valence-electron chi connectivity index (χ4n) is 0.982. The number of halogens is 2. The average molecular weight is 230 g/mol. The van der Waals surface area contributed by atoms with Gasteiger partial charge in [-0.25, -0.2) is 8.42 Å². The molecule has 0 saturated carbocycles. The zero-order chi connectivity index (χ0) is 11.2. The SMILES string of the molecule is CS(=O)(=O)C(F)(F)CCCCCCO. The van der Waals surface area contributed by atoms with E-state index >= 15 is 0 Å². The standard InChI is InChI=1S/C8H16F2O3S/c1-14(12,13)8(9,10)6-4-2-3-5-7-11/h11H,2-7H2,1H3. The van der Waals surface area contributed by atoms with Crippen LogP contribution in [0.1, 0.15) is 32.1 Å². The van der Waals surface area contributed by atoms with E-state index in [1.807, 2.05) is 0 Å². The van der Waals surface area contributed by atoms with Crippen molar-refractivity contribution in [2.45, 2.75) is 37.4 Å². The van der Waals surface area contributed by atoms with Gasteiger partial charge >= 0.3 is 5.25 Å². The smallest absolute Gasteiger partial charge is 0.345 e. The number of aliphatic hydroxyl groups is 1. The first kappa shape index (κ1) is 13.8. The van der Waals surface area contributed by atoms with Gasteiger partial charge < -0.3 is 5.11 Å². The van der Waals surface area contributed by atoms with Crippen LogP contribution in [0.3, 0.4) is 0 Å². The van der Waals surface area contributed by atoms with E-state index in [0.29, 0.717) is 25.5 Å². The molecule has 0 aliphatic rings. The molecule has 0 aliphatic heterocycles. The number of hydrogen-bond donors (Lipinski definition) is 1. The summed E-state index contributed by atoms with van der Waals surface area (Å²) in [6.07, 6.45) is 1.82. The Morgan fingerprint density at radius 2 is 1.64 bits per heavy atom. The number of rotatable bonds is 7. The highest BCUT2D eigenvalue weighted by Gasteiger charge is 2.40. The van der Waals surface area contributed by atoms with Crippen LogP contribution in [-0.4, -0.2) is 31.6 Å². The topological polar surface area (TPSA) is 54.4 Å². The van der Waals surface area contributed by atoms with Crippen molar-refractivity contribution in [3.63, 3.8) is 0 Å². The number of unbranched alkanes of at least 4 members (excludes halogenated alkanes) is 3. The molecule has 6 heteroatoms. The Kier molecular flexibility index (Phi) is 5.51. The minimum atomic E-state index is -4.28. The molecule has 14 heavy (non-hydrogen) atoms. The normalized spacial score (nSPS) is 13.1. The van der Waals surface area contributed by atoms with Crippen LogP contribution in [0.4, 0.5) is 8.78 Å². The van der Waals surface area contributed by atoms with Crippen LogP contribution in [0.25, 0.3) is 0 Å². The van der Waals surface area contributed by atoms with Crippen LogP contribution in [0.5, 0.6) is 0 Å². The summed E-state index contributed by atoms with van der Waals surface area (Å²) in [7, 11) is -4.28. The predicted octanol–water partition coefficient (Wildman–Crippen LogP) is 1.57. The minimum absolute atomic E-state index is 0.0441. The van der Waals surface area contributed by atoms with Gasteiger partial charge in [0, 0.05) is 19.3 Å². The number of hydrogen-bond acceptors (Lipinski definition) is 3. The van der Waals surface area contributed by atoms with Crippen molar-refractivity contribution in [1.29, 1.82) is 0 Å². The van der Waals surface area contributed by atoms with E-state index < -0.39 is 21.5 Å². The van der Waals surface area contributed by atoms with E-state index in [-0.39, 0.29) is 13.0 Å². The minimum Gasteiger partial charge on any atom is -0.396 e. The van der Waals surface area contributed by atoms with Crippen molar-refractivity contribution in [2.24, 2.45) is 0 Å². The van der Waals surface area contributed by atoms with Crippen molar-refractivity contribution < 1.29 is 22.3 Å². The lowest BCUT2D eigenvalue weighted by Crippen LogP contribution is -2.27. The third kappa shape index (κ3) is 4.85. The predicted molar refractivity (Wildman–Crippen MR) is 50.0 cm³/mol. The van der Waals surface area contributed by atoms with E-state index in [2.05, 4.69) is 0 Å². The molecule has 0 rings (SSSR count). The largest absolute Gasteiger partial charge is 0.396 e. The summed E-state index contributed by atoms with van der Waals surface area (Å²) in [6, 6.07) is 0. The first-order valence-electron chi connectivity index (χ1n) is 4.49. The second-order valence-electron chi connectivity index (χ2n) is 3.30. The molecule has 0 amide bonds. The zero-order valence-electron chi connectivity index (χ0n) is 8.17. The fourth-order valence-corrected chi connectivity index (χ4v) is 1.50. The van der Waals surface area contributed by atoms with Gasteiger partial charge in [0.2, 0.25) is 9.84 Å². The van der Waals surface area contributed by atoms with E-state index in [9.17, 15) is 17.2 Å². The van der Waals surface area contributed by atoms with Gasteiger partial charge in [0.25, 0.3) is 0 Å². The molecule has 0 spiro atoms. The summed E-state index contributed by atoms with van der Waals surface area (Å²) >= 11 is 0. The second kappa shape index (κ2) is 5.60. The summed E-state index contributed by atoms with van der Waals surface area (Å²) in [6.45, 7) is 0.0441. The van der Waals surface area contributed by atoms with Crippen molar-refractivity contribution in [1.82, 2.24) is 0 Å². The number of alkyl halides is 2. The van der Waals surface area contributed by atoms with Crippen LogP contribution in [-0.2, 0) is 9.84 Å². The van der Waals surface area contributed by atoms with Gasteiger partial charge in [0.1, 0.15) is 0 Å². The van der Waals surface area contributed by atoms with E-state index in [1.165, 1.54) is 0 Å². The molecule has 0 bridgehead atoms. The van der Waals surface area contributed by atoms with Crippen LogP contribution < -0.4 is 0 Å². The van der Waals surface area contributed by atoms with E-state index in [4.69, 9.17) is 5.11 Å². The van der Waals surface area contributed by atoms with Crippen molar-refractivity contribution >= 4 is 9.84 Å². The Labute approximate surface area is 83.0 Å². The lowest BCUT2D eigenvalue weighted by atomic mass is 10.1. The maximum absolute atomic E-state index is 12.8. The Morgan fingerprint density at radius 3 is 2.07 bits per heavy atom. The average Bonchev–Trinajstić information content (AvgIpc) is 2.02. The molecule has 0 heterocycles. The van der Waals surface area contributed by atoms with Gasteiger partial charge in [0.05, 0.1) is 0 Å². The summed E-state index contributed by atoms with van der Waals surface area (Å²) < 4.78 is 46.8. The molecule has 0 saturated heterocycles. The molecule has 86 valence electrons. The molecule has 0 atom stereocenters. The van der Waals surface area contributed by atoms with Gasteiger partial charge in [-0.3, -0.25) is 0 Å². The van der Waals surface area contributed by atoms with Crippen molar-refractivity contribution in [3.05, 3.63) is 0 Å². The van der Waals surface area contributed by atoms with E-state index in [1.54, 1.807) is 0 Å². The summed E-state index contributed by atoms with van der Waals surface area (Å²) in [5.41, 5.74) is 0. The molecule has 0 fully saturated rings. The van der Waals surface area contributed by atoms with Crippen LogP contribution >= 0.6 is 0 Å². The quantitative estimate of drug-likeness (QED) is 0.675. The Bertz CT molecular complexity index is 249. The number of aliphatic hydroxyl groups excluding tert-OH is 1. The van der Waals surface area contributed by atoms with Crippen molar-refractivity contribution in [2.75, 3.05) is 12.9 Å². The zero-order valence-corrected chi connectivity index (χ0v) is 8.99. The lowest BCUT2D eigenvalue weighted by molar-refractivity contribution is 0.0796. The highest BCUT2D eigenvalue weighted by molar-refractivity contribution is 7.91. The third-order valence-corrected chi connectivity index (χ3v) is 3.21. The first-order valence-corrected chi connectivity index (χ1v) is 6.38. The van der Waals surface area contributed by atoms with Crippen LogP contribution in [0, 0.1) is 0 Å². The molecule has 0 aromatic heterocycles. The highest BCUT2D eigenvalue weighted by atomic mass is 32.2. The van der Waals surface area contributed by atoms with E-state index in [0.717, 1.165) is 0 Å². The second-order valence-corrected chi connectivity index (χ2v) is 5.44. The first-order chi connectivity index (χ1) is 6.31. The highest BCUT2D eigenvalue weighted by Crippen LogP contribution is 2.27. The maximum atomic E-state index is 12.8. The molecular formula is C8H16F2O3S. The molecular weight excluding hydrogens is 214 g/mol. The molecule has 0 unspecified atom stereocenters. The van der Waals surface area contributed by atoms with Gasteiger partial charge in [-0.05, 0) is 12.8 Å². The molecule has 0 aromatic rings. The van der Waals surface area contributed by atoms with Gasteiger partial charge in [-0.15, -0.1) is 0 Å². The maximum Gasteiger partial charge on any atom is 0.345 e. The molecule has 0 radical (unpaired) electrons.